The van der Waals surface area contributed by atoms with Crippen molar-refractivity contribution >= 4 is 0 Å². The molecule has 0 amide bonds. The highest BCUT2D eigenvalue weighted by Crippen LogP contribution is 2.17. The van der Waals surface area contributed by atoms with Crippen LogP contribution in [0.3, 0.4) is 0 Å². The molecule has 0 N–H and O–H groups in total. The Labute approximate surface area is 70.7 Å². The third kappa shape index (κ3) is 1.03. The summed E-state index contributed by atoms with van der Waals surface area (Å²) in [6, 6.07) is 4.00. The van der Waals surface area contributed by atoms with Crippen LogP contribution in [0.2, 0.25) is 0 Å². The molecule has 3 nitrogen and oxygen atoms in total. The zero-order valence-corrected chi connectivity index (χ0v) is 7.11. The summed E-state index contributed by atoms with van der Waals surface area (Å²) >= 11 is 0. The number of aryl methyl sites for hydroxylation is 2. The second-order valence-electron chi connectivity index (χ2n) is 2.76. The van der Waals surface area contributed by atoms with Gasteiger partial charge in [0.15, 0.2) is 5.89 Å². The molecule has 0 saturated heterocycles. The van der Waals surface area contributed by atoms with Gasteiger partial charge in [0.05, 0.1) is 5.69 Å². The van der Waals surface area contributed by atoms with Crippen LogP contribution in [0.1, 0.15) is 5.89 Å². The average Bonchev–Trinajstić information content (AvgIpc) is 2.58. The molecule has 2 rings (SSSR count). The minimum absolute atomic E-state index is 0.700. The van der Waals surface area contributed by atoms with Gasteiger partial charge in [-0.2, -0.15) is 0 Å². The van der Waals surface area contributed by atoms with E-state index in [0.717, 1.165) is 11.4 Å². The maximum atomic E-state index is 5.12. The minimum atomic E-state index is 0.700. The van der Waals surface area contributed by atoms with Crippen LogP contribution in [0.4, 0.5) is 0 Å². The van der Waals surface area contributed by atoms with E-state index in [1.54, 1.807) is 6.26 Å². The fourth-order valence-electron chi connectivity index (χ4n) is 1.21. The fourth-order valence-corrected chi connectivity index (χ4v) is 1.21. The Balaban J connectivity index is 2.50. The van der Waals surface area contributed by atoms with Gasteiger partial charge in [-0.1, -0.05) is 0 Å². The van der Waals surface area contributed by atoms with E-state index in [1.807, 2.05) is 36.9 Å². The standard InChI is InChI=1S/C9H10N2O/c1-7-10-8(6-12-7)9-4-3-5-11(9)2/h3-6H,1-2H3. The largest absolute Gasteiger partial charge is 0.449 e. The van der Waals surface area contributed by atoms with Gasteiger partial charge in [0.25, 0.3) is 0 Å². The number of hydrogen-bond acceptors (Lipinski definition) is 2. The molecular formula is C9H10N2O. The van der Waals surface area contributed by atoms with Crippen molar-refractivity contribution in [1.29, 1.82) is 0 Å². The van der Waals surface area contributed by atoms with Crippen molar-refractivity contribution in [2.45, 2.75) is 6.92 Å². The highest BCUT2D eigenvalue weighted by Gasteiger charge is 2.04. The summed E-state index contributed by atoms with van der Waals surface area (Å²) in [6.45, 7) is 1.84. The summed E-state index contributed by atoms with van der Waals surface area (Å²) in [4.78, 5) is 4.23. The summed E-state index contributed by atoms with van der Waals surface area (Å²) in [5, 5.41) is 0. The van der Waals surface area contributed by atoms with Crippen LogP contribution in [-0.4, -0.2) is 9.55 Å². The van der Waals surface area contributed by atoms with Gasteiger partial charge in [-0.3, -0.25) is 0 Å². The highest BCUT2D eigenvalue weighted by atomic mass is 16.3. The molecule has 2 aromatic rings. The molecule has 2 aromatic heterocycles. The van der Waals surface area contributed by atoms with E-state index in [1.165, 1.54) is 0 Å². The van der Waals surface area contributed by atoms with E-state index in [2.05, 4.69) is 4.98 Å². The highest BCUT2D eigenvalue weighted by molar-refractivity contribution is 5.53. The van der Waals surface area contributed by atoms with Gasteiger partial charge < -0.3 is 8.98 Å². The van der Waals surface area contributed by atoms with Crippen LogP contribution >= 0.6 is 0 Å². The van der Waals surface area contributed by atoms with Crippen molar-refractivity contribution in [2.75, 3.05) is 0 Å². The second-order valence-corrected chi connectivity index (χ2v) is 2.76. The first-order valence-corrected chi connectivity index (χ1v) is 3.81. The van der Waals surface area contributed by atoms with Crippen LogP contribution in [0.15, 0.2) is 29.0 Å². The average molecular weight is 162 g/mol. The smallest absolute Gasteiger partial charge is 0.191 e. The predicted molar refractivity (Wildman–Crippen MR) is 45.6 cm³/mol. The number of rotatable bonds is 1. The van der Waals surface area contributed by atoms with Gasteiger partial charge in [-0.05, 0) is 12.1 Å². The normalized spacial score (nSPS) is 10.5. The lowest BCUT2D eigenvalue weighted by Crippen LogP contribution is -1.88. The number of nitrogens with zero attached hydrogens (tertiary/aromatic N) is 2. The van der Waals surface area contributed by atoms with Gasteiger partial charge in [-0.25, -0.2) is 4.98 Å². The van der Waals surface area contributed by atoms with Gasteiger partial charge >= 0.3 is 0 Å². The Kier molecular flexibility index (Phi) is 1.50. The van der Waals surface area contributed by atoms with E-state index in [4.69, 9.17) is 4.42 Å². The summed E-state index contributed by atoms with van der Waals surface area (Å²) in [5.41, 5.74) is 1.96. The van der Waals surface area contributed by atoms with E-state index in [9.17, 15) is 0 Å². The Morgan fingerprint density at radius 3 is 2.83 bits per heavy atom. The van der Waals surface area contributed by atoms with Crippen molar-refractivity contribution in [3.05, 3.63) is 30.5 Å². The molecule has 12 heavy (non-hydrogen) atoms. The summed E-state index contributed by atoms with van der Waals surface area (Å²) in [7, 11) is 1.99. The van der Waals surface area contributed by atoms with Crippen molar-refractivity contribution in [3.8, 4) is 11.4 Å². The Hall–Kier alpha value is -1.51. The molecule has 0 fully saturated rings. The van der Waals surface area contributed by atoms with Crippen LogP contribution in [0, 0.1) is 6.92 Å². The lowest BCUT2D eigenvalue weighted by atomic mass is 10.3. The molecular weight excluding hydrogens is 152 g/mol. The van der Waals surface area contributed by atoms with Gasteiger partial charge in [-0.15, -0.1) is 0 Å². The van der Waals surface area contributed by atoms with Crippen LogP contribution < -0.4 is 0 Å². The van der Waals surface area contributed by atoms with Crippen molar-refractivity contribution < 1.29 is 4.42 Å². The lowest BCUT2D eigenvalue weighted by Gasteiger charge is -1.95. The first kappa shape index (κ1) is 7.16. The SMILES string of the molecule is Cc1nc(-c2cccn2C)co1. The van der Waals surface area contributed by atoms with Crippen molar-refractivity contribution in [3.63, 3.8) is 0 Å². The van der Waals surface area contributed by atoms with Crippen LogP contribution in [-0.2, 0) is 7.05 Å². The van der Waals surface area contributed by atoms with E-state index >= 15 is 0 Å². The Bertz CT molecular complexity index is 387. The third-order valence-electron chi connectivity index (χ3n) is 1.83. The predicted octanol–water partition coefficient (Wildman–Crippen LogP) is 1.99. The second kappa shape index (κ2) is 2.52. The van der Waals surface area contributed by atoms with Crippen molar-refractivity contribution in [1.82, 2.24) is 9.55 Å². The molecule has 0 atom stereocenters. The Morgan fingerprint density at radius 2 is 2.33 bits per heavy atom. The molecule has 0 unspecified atom stereocenters. The first-order chi connectivity index (χ1) is 5.77. The van der Waals surface area contributed by atoms with Crippen LogP contribution in [0.25, 0.3) is 11.4 Å². The topological polar surface area (TPSA) is 31.0 Å². The lowest BCUT2D eigenvalue weighted by molar-refractivity contribution is 0.521. The number of oxazole rings is 1. The molecule has 0 bridgehead atoms. The molecule has 0 aliphatic heterocycles. The summed E-state index contributed by atoms with van der Waals surface area (Å²) in [6.07, 6.45) is 3.66. The molecule has 0 aliphatic rings. The van der Waals surface area contributed by atoms with E-state index in [-0.39, 0.29) is 0 Å². The van der Waals surface area contributed by atoms with Gasteiger partial charge in [0, 0.05) is 20.2 Å². The molecule has 0 radical (unpaired) electrons. The van der Waals surface area contributed by atoms with Crippen LogP contribution in [0.5, 0.6) is 0 Å². The molecule has 62 valence electrons. The minimum Gasteiger partial charge on any atom is -0.449 e. The van der Waals surface area contributed by atoms with Crippen molar-refractivity contribution in [2.24, 2.45) is 7.05 Å². The molecule has 0 aliphatic carbocycles. The van der Waals surface area contributed by atoms with Gasteiger partial charge in [0.1, 0.15) is 12.0 Å². The van der Waals surface area contributed by atoms with E-state index < -0.39 is 0 Å². The summed E-state index contributed by atoms with van der Waals surface area (Å²) < 4.78 is 7.13. The first-order valence-electron chi connectivity index (χ1n) is 3.81. The molecule has 3 heteroatoms. The van der Waals surface area contributed by atoms with Gasteiger partial charge in [0.2, 0.25) is 0 Å². The monoisotopic (exact) mass is 162 g/mol. The quantitative estimate of drug-likeness (QED) is 0.642. The Morgan fingerprint density at radius 1 is 1.50 bits per heavy atom. The maximum Gasteiger partial charge on any atom is 0.191 e. The number of aromatic nitrogens is 2. The van der Waals surface area contributed by atoms with E-state index in [0.29, 0.717) is 5.89 Å². The fraction of sp³-hybridized carbons (Fsp3) is 0.222. The molecule has 0 saturated carbocycles. The third-order valence-corrected chi connectivity index (χ3v) is 1.83. The zero-order chi connectivity index (χ0) is 8.55. The maximum absolute atomic E-state index is 5.12. The number of hydrogen-bond donors (Lipinski definition) is 0. The molecule has 2 heterocycles. The summed E-state index contributed by atoms with van der Waals surface area (Å²) in [5.74, 6) is 0.700. The molecule has 0 spiro atoms. The molecule has 0 aromatic carbocycles. The zero-order valence-electron chi connectivity index (χ0n) is 7.11.